The summed E-state index contributed by atoms with van der Waals surface area (Å²) in [5.74, 6) is 1.22. The highest BCUT2D eigenvalue weighted by molar-refractivity contribution is 7.18. The van der Waals surface area contributed by atoms with E-state index >= 15 is 0 Å². The summed E-state index contributed by atoms with van der Waals surface area (Å²) in [5, 5.41) is 12.1. The van der Waals surface area contributed by atoms with Crippen LogP contribution in [-0.2, 0) is 11.3 Å². The van der Waals surface area contributed by atoms with Gasteiger partial charge in [-0.1, -0.05) is 6.07 Å². The number of esters is 1. The average molecular weight is 437 g/mol. The molecule has 0 bridgehead atoms. The topological polar surface area (TPSA) is 108 Å². The van der Waals surface area contributed by atoms with Crippen LogP contribution in [0.15, 0.2) is 42.6 Å². The first-order chi connectivity index (χ1) is 15.1. The van der Waals surface area contributed by atoms with E-state index in [0.29, 0.717) is 40.8 Å². The zero-order valence-electron chi connectivity index (χ0n) is 17.1. The van der Waals surface area contributed by atoms with Gasteiger partial charge in [0.25, 0.3) is 0 Å². The molecule has 0 unspecified atom stereocenters. The fraction of sp³-hybridized carbons (Fsp3) is 0.190. The van der Waals surface area contributed by atoms with Crippen molar-refractivity contribution in [2.45, 2.75) is 6.54 Å². The van der Waals surface area contributed by atoms with E-state index in [1.54, 1.807) is 38.6 Å². The molecule has 158 valence electrons. The van der Waals surface area contributed by atoms with Gasteiger partial charge in [-0.3, -0.25) is 0 Å². The van der Waals surface area contributed by atoms with Crippen molar-refractivity contribution in [3.05, 3.63) is 53.2 Å². The van der Waals surface area contributed by atoms with Crippen molar-refractivity contribution >= 4 is 33.5 Å². The summed E-state index contributed by atoms with van der Waals surface area (Å²) in [5.41, 5.74) is 2.56. The van der Waals surface area contributed by atoms with Crippen molar-refractivity contribution in [2.24, 2.45) is 0 Å². The maximum absolute atomic E-state index is 11.7. The largest absolute Gasteiger partial charge is 0.496 e. The Morgan fingerprint density at radius 1 is 1.06 bits per heavy atom. The first kappa shape index (κ1) is 20.5. The van der Waals surface area contributed by atoms with Crippen LogP contribution in [0.5, 0.6) is 11.5 Å². The Labute approximate surface area is 182 Å². The number of thiazole rings is 1. The molecule has 0 fully saturated rings. The van der Waals surface area contributed by atoms with E-state index < -0.39 is 0 Å². The normalized spacial score (nSPS) is 10.7. The van der Waals surface area contributed by atoms with Gasteiger partial charge in [0.2, 0.25) is 5.95 Å². The Kier molecular flexibility index (Phi) is 5.89. The van der Waals surface area contributed by atoms with Crippen molar-refractivity contribution < 1.29 is 19.0 Å². The summed E-state index contributed by atoms with van der Waals surface area (Å²) in [6.45, 7) is 0.404. The van der Waals surface area contributed by atoms with Gasteiger partial charge in [-0.15, -0.1) is 16.4 Å². The molecular formula is C21H19N5O4S. The Hall–Kier alpha value is -3.79. The van der Waals surface area contributed by atoms with Gasteiger partial charge in [0, 0.05) is 0 Å². The number of carbonyl (C=O) groups excluding carboxylic acids is 1. The maximum Gasteiger partial charge on any atom is 0.337 e. The Morgan fingerprint density at radius 3 is 2.55 bits per heavy atom. The highest BCUT2D eigenvalue weighted by Crippen LogP contribution is 2.37. The molecule has 0 aliphatic carbocycles. The van der Waals surface area contributed by atoms with Crippen LogP contribution in [-0.4, -0.2) is 47.5 Å². The number of benzene rings is 2. The second-order valence-electron chi connectivity index (χ2n) is 6.34. The molecule has 0 aliphatic heterocycles. The molecule has 2 aromatic carbocycles. The number of nitrogens with zero attached hydrogens (tertiary/aromatic N) is 4. The average Bonchev–Trinajstić information content (AvgIpc) is 3.24. The third-order valence-corrected chi connectivity index (χ3v) is 5.51. The number of ether oxygens (including phenoxy) is 3. The van der Waals surface area contributed by atoms with Gasteiger partial charge >= 0.3 is 5.97 Å². The summed E-state index contributed by atoms with van der Waals surface area (Å²) >= 11 is 1.47. The standard InChI is InChI=1S/C21H19N5O4S/c1-28-15-5-4-6-16(29-2)19(15)14-10-23-26-21(25-14)22-11-18-24-13-8-7-12(20(27)30-3)9-17(13)31-18/h4-10H,11H2,1-3H3,(H,22,25,26). The highest BCUT2D eigenvalue weighted by Gasteiger charge is 2.15. The number of hydrogen-bond acceptors (Lipinski definition) is 10. The summed E-state index contributed by atoms with van der Waals surface area (Å²) in [4.78, 5) is 20.8. The van der Waals surface area contributed by atoms with Gasteiger partial charge in [-0.2, -0.15) is 5.10 Å². The molecule has 0 radical (unpaired) electrons. The number of aromatic nitrogens is 4. The van der Waals surface area contributed by atoms with Gasteiger partial charge in [0.1, 0.15) is 22.2 Å². The molecule has 10 heteroatoms. The number of fused-ring (bicyclic) bond motifs is 1. The fourth-order valence-corrected chi connectivity index (χ4v) is 4.00. The fourth-order valence-electron chi connectivity index (χ4n) is 3.05. The molecule has 0 spiro atoms. The lowest BCUT2D eigenvalue weighted by Gasteiger charge is -2.12. The maximum atomic E-state index is 11.7. The molecule has 0 saturated carbocycles. The highest BCUT2D eigenvalue weighted by atomic mass is 32.1. The van der Waals surface area contributed by atoms with Crippen LogP contribution in [0.1, 0.15) is 15.4 Å². The monoisotopic (exact) mass is 437 g/mol. The minimum absolute atomic E-state index is 0.347. The van der Waals surface area contributed by atoms with Crippen molar-refractivity contribution in [3.63, 3.8) is 0 Å². The van der Waals surface area contributed by atoms with E-state index in [1.807, 2.05) is 18.2 Å². The molecular weight excluding hydrogens is 418 g/mol. The van der Waals surface area contributed by atoms with E-state index in [9.17, 15) is 4.79 Å². The molecule has 0 saturated heterocycles. The second kappa shape index (κ2) is 8.92. The number of hydrogen-bond donors (Lipinski definition) is 1. The van der Waals surface area contributed by atoms with Crippen LogP contribution in [0, 0.1) is 0 Å². The second-order valence-corrected chi connectivity index (χ2v) is 7.45. The molecule has 2 heterocycles. The van der Waals surface area contributed by atoms with Crippen LogP contribution in [0.4, 0.5) is 5.95 Å². The zero-order valence-corrected chi connectivity index (χ0v) is 17.9. The van der Waals surface area contributed by atoms with E-state index in [4.69, 9.17) is 14.2 Å². The van der Waals surface area contributed by atoms with E-state index in [2.05, 4.69) is 25.5 Å². The number of carbonyl (C=O) groups is 1. The van der Waals surface area contributed by atoms with E-state index in [1.165, 1.54) is 18.4 Å². The molecule has 4 rings (SSSR count). The lowest BCUT2D eigenvalue weighted by atomic mass is 10.1. The van der Waals surface area contributed by atoms with Crippen LogP contribution in [0.3, 0.4) is 0 Å². The summed E-state index contributed by atoms with van der Waals surface area (Å²) in [7, 11) is 4.53. The summed E-state index contributed by atoms with van der Waals surface area (Å²) < 4.78 is 16.6. The molecule has 0 aliphatic rings. The minimum Gasteiger partial charge on any atom is -0.496 e. The summed E-state index contributed by atoms with van der Waals surface area (Å²) in [6, 6.07) is 10.8. The van der Waals surface area contributed by atoms with Crippen molar-refractivity contribution in [2.75, 3.05) is 26.6 Å². The zero-order chi connectivity index (χ0) is 21.8. The Balaban J connectivity index is 1.56. The van der Waals surface area contributed by atoms with Gasteiger partial charge in [-0.25, -0.2) is 14.8 Å². The van der Waals surface area contributed by atoms with Crippen molar-refractivity contribution in [3.8, 4) is 22.8 Å². The van der Waals surface area contributed by atoms with Gasteiger partial charge in [0.05, 0.1) is 55.4 Å². The molecule has 1 N–H and O–H groups in total. The van der Waals surface area contributed by atoms with Crippen LogP contribution >= 0.6 is 11.3 Å². The Bertz CT molecular complexity index is 1220. The van der Waals surface area contributed by atoms with E-state index in [0.717, 1.165) is 15.2 Å². The third-order valence-electron chi connectivity index (χ3n) is 4.49. The van der Waals surface area contributed by atoms with Gasteiger partial charge in [-0.05, 0) is 30.3 Å². The van der Waals surface area contributed by atoms with Gasteiger partial charge < -0.3 is 19.5 Å². The molecule has 9 nitrogen and oxygen atoms in total. The van der Waals surface area contributed by atoms with Crippen LogP contribution in [0.2, 0.25) is 0 Å². The van der Waals surface area contributed by atoms with Crippen LogP contribution in [0.25, 0.3) is 21.5 Å². The molecule has 2 aromatic heterocycles. The SMILES string of the molecule is COC(=O)c1ccc2nc(CNc3nncc(-c4c(OC)cccc4OC)n3)sc2c1. The lowest BCUT2D eigenvalue weighted by molar-refractivity contribution is 0.0601. The lowest BCUT2D eigenvalue weighted by Crippen LogP contribution is -2.05. The molecule has 31 heavy (non-hydrogen) atoms. The third kappa shape index (κ3) is 4.24. The Morgan fingerprint density at radius 2 is 1.84 bits per heavy atom. The summed E-state index contributed by atoms with van der Waals surface area (Å²) in [6.07, 6.45) is 1.55. The number of nitrogens with one attached hydrogen (secondary N) is 1. The minimum atomic E-state index is -0.377. The first-order valence-corrected chi connectivity index (χ1v) is 10.1. The predicted octanol–water partition coefficient (Wildman–Crippen LogP) is 3.56. The smallest absolute Gasteiger partial charge is 0.337 e. The molecule has 0 amide bonds. The number of methoxy groups -OCH3 is 3. The number of anilines is 1. The molecule has 4 aromatic rings. The van der Waals surface area contributed by atoms with Crippen molar-refractivity contribution in [1.29, 1.82) is 0 Å². The van der Waals surface area contributed by atoms with Gasteiger partial charge in [0.15, 0.2) is 0 Å². The number of rotatable bonds is 7. The van der Waals surface area contributed by atoms with Crippen LogP contribution < -0.4 is 14.8 Å². The van der Waals surface area contributed by atoms with E-state index in [-0.39, 0.29) is 5.97 Å². The molecule has 0 atom stereocenters. The predicted molar refractivity (Wildman–Crippen MR) is 117 cm³/mol. The quantitative estimate of drug-likeness (QED) is 0.434. The van der Waals surface area contributed by atoms with Crippen molar-refractivity contribution in [1.82, 2.24) is 20.2 Å². The first-order valence-electron chi connectivity index (χ1n) is 9.25.